The average Bonchev–Trinajstić information content (AvgIpc) is 3.31. The molecule has 1 aliphatic rings. The van der Waals surface area contributed by atoms with Crippen molar-refractivity contribution in [3.63, 3.8) is 0 Å². The first kappa shape index (κ1) is 47.6. The topological polar surface area (TPSA) is 146 Å². The number of carbonyl (C=O) groups is 4. The summed E-state index contributed by atoms with van der Waals surface area (Å²) < 4.78 is 38.1. The van der Waals surface area contributed by atoms with Gasteiger partial charge in [0.2, 0.25) is 0 Å². The van der Waals surface area contributed by atoms with Crippen molar-refractivity contribution in [2.24, 2.45) is 0 Å². The zero-order valence-corrected chi connectivity index (χ0v) is 37.6. The highest BCUT2D eigenvalue weighted by Crippen LogP contribution is 2.45. The van der Waals surface area contributed by atoms with Crippen LogP contribution in [0.4, 0.5) is 22.7 Å². The molecule has 1 aliphatic carbocycles. The molecule has 15 nitrogen and oxygen atoms in total. The molecule has 0 spiro atoms. The molecule has 4 aromatic rings. The van der Waals surface area contributed by atoms with Crippen molar-refractivity contribution in [1.29, 1.82) is 0 Å². The Kier molecular flexibility index (Phi) is 17.4. The molecule has 0 atom stereocenters. The largest absolute Gasteiger partial charge is 0.489 e. The van der Waals surface area contributed by atoms with Gasteiger partial charge in [-0.1, -0.05) is 30.3 Å². The van der Waals surface area contributed by atoms with Crippen LogP contribution in [0.15, 0.2) is 78.9 Å². The lowest BCUT2D eigenvalue weighted by atomic mass is 9.74. The van der Waals surface area contributed by atoms with Gasteiger partial charge in [0.25, 0.3) is 0 Å². The van der Waals surface area contributed by atoms with Crippen LogP contribution in [0.1, 0.15) is 47.6 Å². The van der Waals surface area contributed by atoms with Gasteiger partial charge < -0.3 is 52.8 Å². The molecule has 0 aromatic heterocycles. The molecule has 63 heavy (non-hydrogen) atoms. The molecule has 5 rings (SSSR count). The third-order valence-electron chi connectivity index (χ3n) is 11.1. The van der Waals surface area contributed by atoms with Crippen LogP contribution in [0.2, 0.25) is 0 Å². The van der Waals surface area contributed by atoms with E-state index in [1.54, 1.807) is 29.2 Å². The van der Waals surface area contributed by atoms with Crippen molar-refractivity contribution < 1.29 is 52.3 Å². The Hall–Kier alpha value is -6.48. The summed E-state index contributed by atoms with van der Waals surface area (Å²) in [7, 11) is 9.33. The van der Waals surface area contributed by atoms with Gasteiger partial charge in [0.1, 0.15) is 50.9 Å². The number of carbonyl (C=O) groups excluding carboxylic acids is 4. The standard InChI is InChI=1S/C48H60N4O11/c1-9-49(3)36-16-18-38-34(26-36)25-35-27-37(50(4)10-2)17-19-39(35)48(38)33-15-20-41(52(31-46(55)59-7)32-47(56)60-8)43(28-33)63-24-22-61-21-23-62-42-14-12-11-13-40(42)51(29-44(53)57-5)30-45(54)58-6/h11-20,26-28,48H,9-10,21-25,29-32H2,1-8H3. The first-order valence-corrected chi connectivity index (χ1v) is 21.0. The summed E-state index contributed by atoms with van der Waals surface area (Å²) in [6, 6.07) is 26.2. The van der Waals surface area contributed by atoms with Crippen molar-refractivity contribution in [3.8, 4) is 11.5 Å². The van der Waals surface area contributed by atoms with Gasteiger partial charge in [0.15, 0.2) is 0 Å². The van der Waals surface area contributed by atoms with Crippen LogP contribution in [0.3, 0.4) is 0 Å². The summed E-state index contributed by atoms with van der Waals surface area (Å²) >= 11 is 0. The highest BCUT2D eigenvalue weighted by molar-refractivity contribution is 5.84. The van der Waals surface area contributed by atoms with E-state index in [0.29, 0.717) is 22.9 Å². The monoisotopic (exact) mass is 868 g/mol. The average molecular weight is 869 g/mol. The molecule has 0 saturated heterocycles. The summed E-state index contributed by atoms with van der Waals surface area (Å²) in [6.07, 6.45) is 0.789. The lowest BCUT2D eigenvalue weighted by Gasteiger charge is -2.32. The molecule has 0 unspecified atom stereocenters. The van der Waals surface area contributed by atoms with E-state index >= 15 is 0 Å². The second-order valence-electron chi connectivity index (χ2n) is 14.9. The highest BCUT2D eigenvalue weighted by atomic mass is 16.6. The molecule has 0 saturated carbocycles. The summed E-state index contributed by atoms with van der Waals surface area (Å²) in [6.45, 7) is 5.86. The highest BCUT2D eigenvalue weighted by Gasteiger charge is 2.30. The molecule has 338 valence electrons. The van der Waals surface area contributed by atoms with Crippen molar-refractivity contribution in [2.75, 3.05) is 128 Å². The number of para-hydroxylation sites is 2. The van der Waals surface area contributed by atoms with Crippen LogP contribution in [0.25, 0.3) is 0 Å². The lowest BCUT2D eigenvalue weighted by molar-refractivity contribution is -0.141. The number of ether oxygens (including phenoxy) is 7. The Balaban J connectivity index is 1.41. The molecule has 4 aromatic carbocycles. The quantitative estimate of drug-likeness (QED) is 0.0465. The molecular formula is C48H60N4O11. The number of methoxy groups -OCH3 is 4. The number of benzene rings is 4. The minimum absolute atomic E-state index is 0.126. The summed E-state index contributed by atoms with van der Waals surface area (Å²) in [4.78, 5) is 57.2. The smallest absolute Gasteiger partial charge is 0.325 e. The van der Waals surface area contributed by atoms with Gasteiger partial charge in [0.05, 0.1) is 53.0 Å². The summed E-state index contributed by atoms with van der Waals surface area (Å²) in [5, 5.41) is 0. The minimum Gasteiger partial charge on any atom is -0.489 e. The normalized spacial score (nSPS) is 11.7. The van der Waals surface area contributed by atoms with Gasteiger partial charge >= 0.3 is 23.9 Å². The molecule has 0 radical (unpaired) electrons. The molecule has 0 aliphatic heterocycles. The predicted molar refractivity (Wildman–Crippen MR) is 242 cm³/mol. The molecular weight excluding hydrogens is 809 g/mol. The Morgan fingerprint density at radius 1 is 0.540 bits per heavy atom. The maximum atomic E-state index is 12.7. The molecule has 15 heteroatoms. The van der Waals surface area contributed by atoms with Crippen LogP contribution in [-0.2, 0) is 49.3 Å². The Labute approximate surface area is 370 Å². The van der Waals surface area contributed by atoms with E-state index in [4.69, 9.17) is 33.2 Å². The Morgan fingerprint density at radius 3 is 1.44 bits per heavy atom. The van der Waals surface area contributed by atoms with Gasteiger partial charge in [-0.2, -0.15) is 0 Å². The van der Waals surface area contributed by atoms with Crippen molar-refractivity contribution >= 4 is 46.6 Å². The van der Waals surface area contributed by atoms with Crippen LogP contribution >= 0.6 is 0 Å². The van der Waals surface area contributed by atoms with E-state index in [1.807, 2.05) is 18.2 Å². The number of rotatable bonds is 23. The fourth-order valence-corrected chi connectivity index (χ4v) is 7.41. The van der Waals surface area contributed by atoms with Crippen LogP contribution < -0.4 is 29.1 Å². The molecule has 0 bridgehead atoms. The Bertz CT molecular complexity index is 2100. The first-order valence-electron chi connectivity index (χ1n) is 21.0. The maximum absolute atomic E-state index is 12.7. The summed E-state index contributed by atoms with van der Waals surface area (Å²) in [5.41, 5.74) is 9.15. The third kappa shape index (κ3) is 12.3. The van der Waals surface area contributed by atoms with Crippen LogP contribution in [0, 0.1) is 0 Å². The van der Waals surface area contributed by atoms with E-state index in [2.05, 4.69) is 74.1 Å². The van der Waals surface area contributed by atoms with Crippen molar-refractivity contribution in [3.05, 3.63) is 107 Å². The number of hydrogen-bond donors (Lipinski definition) is 0. The second-order valence-corrected chi connectivity index (χ2v) is 14.9. The van der Waals surface area contributed by atoms with Gasteiger partial charge in [-0.05, 0) is 96.6 Å². The Morgan fingerprint density at radius 2 is 0.984 bits per heavy atom. The fraction of sp³-hybridized carbons (Fsp3) is 0.417. The van der Waals surface area contributed by atoms with E-state index in [0.717, 1.165) is 36.4 Å². The lowest BCUT2D eigenvalue weighted by Crippen LogP contribution is -2.36. The van der Waals surface area contributed by atoms with E-state index in [9.17, 15) is 19.2 Å². The van der Waals surface area contributed by atoms with Gasteiger partial charge in [-0.25, -0.2) is 0 Å². The molecule has 0 N–H and O–H groups in total. The third-order valence-corrected chi connectivity index (χ3v) is 11.1. The number of hydrogen-bond acceptors (Lipinski definition) is 15. The SMILES string of the molecule is CCN(C)c1ccc2c(c1)Cc1cc(N(C)CC)ccc1C2c1ccc(N(CC(=O)OC)CC(=O)OC)c(OCCOCCOc2ccccc2N(CC(=O)OC)CC(=O)OC)c1. The van der Waals surface area contributed by atoms with Gasteiger partial charge in [0, 0.05) is 44.5 Å². The number of fused-ring (bicyclic) bond motifs is 2. The molecule has 0 amide bonds. The van der Waals surface area contributed by atoms with Gasteiger partial charge in [-0.15, -0.1) is 0 Å². The second kappa shape index (κ2) is 23.1. The summed E-state index contributed by atoms with van der Waals surface area (Å²) in [5.74, 6) is -1.37. The minimum atomic E-state index is -0.534. The van der Waals surface area contributed by atoms with E-state index in [-0.39, 0.29) is 58.5 Å². The van der Waals surface area contributed by atoms with Crippen molar-refractivity contribution in [1.82, 2.24) is 0 Å². The first-order chi connectivity index (χ1) is 30.4. The van der Waals surface area contributed by atoms with E-state index in [1.165, 1.54) is 55.6 Å². The molecule has 0 fully saturated rings. The molecule has 0 heterocycles. The van der Waals surface area contributed by atoms with Crippen molar-refractivity contribution in [2.45, 2.75) is 26.2 Å². The zero-order chi connectivity index (χ0) is 45.5. The number of anilines is 4. The fourth-order valence-electron chi connectivity index (χ4n) is 7.41. The zero-order valence-electron chi connectivity index (χ0n) is 37.6. The van der Waals surface area contributed by atoms with Crippen LogP contribution in [-0.4, -0.2) is 132 Å². The number of nitrogens with zero attached hydrogens (tertiary/aromatic N) is 4. The maximum Gasteiger partial charge on any atom is 0.325 e. The van der Waals surface area contributed by atoms with Crippen LogP contribution in [0.5, 0.6) is 11.5 Å². The number of esters is 4. The predicted octanol–water partition coefficient (Wildman–Crippen LogP) is 5.46. The van der Waals surface area contributed by atoms with Gasteiger partial charge in [-0.3, -0.25) is 19.2 Å². The van der Waals surface area contributed by atoms with E-state index < -0.39 is 23.9 Å².